The zero-order valence-electron chi connectivity index (χ0n) is 15.1. The Labute approximate surface area is 169 Å². The molecule has 1 N–H and O–H groups in total. The molecule has 6 heteroatoms. The Kier molecular flexibility index (Phi) is 8.52. The van der Waals surface area contributed by atoms with Crippen molar-refractivity contribution in [1.29, 1.82) is 0 Å². The minimum absolute atomic E-state index is 0.0572. The minimum atomic E-state index is -0.769. The van der Waals surface area contributed by atoms with Gasteiger partial charge >= 0.3 is 5.97 Å². The topological polar surface area (TPSA) is 71.4 Å². The van der Waals surface area contributed by atoms with E-state index in [9.17, 15) is 14.4 Å². The van der Waals surface area contributed by atoms with Gasteiger partial charge in [-0.1, -0.05) is 54.6 Å². The van der Waals surface area contributed by atoms with E-state index >= 15 is 0 Å². The molecule has 1 fully saturated rings. The number of carbonyl (C=O) groups excluding carboxylic acids is 2. The van der Waals surface area contributed by atoms with Crippen LogP contribution in [0.15, 0.2) is 30.4 Å². The van der Waals surface area contributed by atoms with Gasteiger partial charge in [0.15, 0.2) is 5.78 Å². The number of hydrogen-bond donors (Lipinski definition) is 1. The summed E-state index contributed by atoms with van der Waals surface area (Å²) in [5, 5.41) is 9.27. The van der Waals surface area contributed by atoms with E-state index in [1.54, 1.807) is 18.2 Å². The molecular weight excluding hydrogens is 387 g/mol. The second-order valence-electron chi connectivity index (χ2n) is 6.94. The van der Waals surface area contributed by atoms with Gasteiger partial charge in [-0.3, -0.25) is 14.4 Å². The third-order valence-electron chi connectivity index (χ3n) is 5.01. The number of benzene rings is 1. The second kappa shape index (κ2) is 10.6. The molecule has 146 valence electrons. The van der Waals surface area contributed by atoms with Crippen LogP contribution < -0.4 is 0 Å². The molecule has 2 unspecified atom stereocenters. The maximum Gasteiger partial charge on any atom is 0.303 e. The lowest BCUT2D eigenvalue weighted by atomic mass is 9.89. The molecule has 2 rings (SSSR count). The summed E-state index contributed by atoms with van der Waals surface area (Å²) >= 11 is 12.1. The van der Waals surface area contributed by atoms with Gasteiger partial charge in [0.2, 0.25) is 0 Å². The number of carboxylic acids is 1. The third-order valence-corrected chi connectivity index (χ3v) is 5.64. The smallest absolute Gasteiger partial charge is 0.303 e. The van der Waals surface area contributed by atoms with E-state index < -0.39 is 5.97 Å². The lowest BCUT2D eigenvalue weighted by Gasteiger charge is -2.14. The first-order chi connectivity index (χ1) is 12.9. The monoisotopic (exact) mass is 410 g/mol. The summed E-state index contributed by atoms with van der Waals surface area (Å²) in [5.74, 6) is -0.776. The number of aliphatic carboxylic acids is 1. The zero-order chi connectivity index (χ0) is 19.8. The van der Waals surface area contributed by atoms with E-state index in [1.807, 2.05) is 6.08 Å². The van der Waals surface area contributed by atoms with Gasteiger partial charge in [-0.15, -0.1) is 0 Å². The largest absolute Gasteiger partial charge is 0.481 e. The van der Waals surface area contributed by atoms with Crippen LogP contribution in [0.1, 0.15) is 61.7 Å². The maximum atomic E-state index is 12.4. The Balaban J connectivity index is 1.88. The predicted molar refractivity (Wildman–Crippen MR) is 106 cm³/mol. The van der Waals surface area contributed by atoms with Gasteiger partial charge in [0, 0.05) is 18.8 Å². The van der Waals surface area contributed by atoms with E-state index in [0.717, 1.165) is 32.1 Å². The van der Waals surface area contributed by atoms with Gasteiger partial charge in [-0.25, -0.2) is 0 Å². The Morgan fingerprint density at radius 3 is 2.44 bits per heavy atom. The highest BCUT2D eigenvalue weighted by molar-refractivity contribution is 6.40. The molecule has 0 aliphatic heterocycles. The molecule has 1 aromatic carbocycles. The Morgan fingerprint density at radius 2 is 1.78 bits per heavy atom. The van der Waals surface area contributed by atoms with Crippen molar-refractivity contribution in [3.8, 4) is 0 Å². The molecule has 1 saturated carbocycles. The summed E-state index contributed by atoms with van der Waals surface area (Å²) in [4.78, 5) is 35.1. The molecular formula is C21H24Cl2O4. The maximum absolute atomic E-state index is 12.4. The minimum Gasteiger partial charge on any atom is -0.481 e. The lowest BCUT2D eigenvalue weighted by Crippen LogP contribution is -2.13. The fraction of sp³-hybridized carbons (Fsp3) is 0.476. The molecule has 0 saturated heterocycles. The Morgan fingerprint density at radius 1 is 1.11 bits per heavy atom. The number of allylic oxidation sites excluding steroid dienone is 2. The fourth-order valence-corrected chi connectivity index (χ4v) is 4.14. The molecule has 0 spiro atoms. The zero-order valence-corrected chi connectivity index (χ0v) is 16.6. The summed E-state index contributed by atoms with van der Waals surface area (Å²) in [7, 11) is 0. The number of carbonyl (C=O) groups is 3. The number of hydrogen-bond acceptors (Lipinski definition) is 3. The van der Waals surface area contributed by atoms with Gasteiger partial charge in [0.05, 0.1) is 15.6 Å². The molecule has 2 atom stereocenters. The van der Waals surface area contributed by atoms with Crippen molar-refractivity contribution in [2.45, 2.75) is 51.4 Å². The molecule has 1 aromatic rings. The molecule has 0 radical (unpaired) electrons. The highest BCUT2D eigenvalue weighted by Crippen LogP contribution is 2.34. The molecule has 0 heterocycles. The van der Waals surface area contributed by atoms with Crippen LogP contribution in [-0.2, 0) is 9.59 Å². The summed E-state index contributed by atoms with van der Waals surface area (Å²) in [6, 6.07) is 4.94. The van der Waals surface area contributed by atoms with Crippen LogP contribution in [0.3, 0.4) is 0 Å². The van der Waals surface area contributed by atoms with Crippen LogP contribution in [0, 0.1) is 11.8 Å². The normalized spacial score (nSPS) is 19.7. The first kappa shape index (κ1) is 21.6. The molecule has 4 nitrogen and oxygen atoms in total. The van der Waals surface area contributed by atoms with E-state index in [0.29, 0.717) is 22.9 Å². The van der Waals surface area contributed by atoms with Crippen molar-refractivity contribution in [3.63, 3.8) is 0 Å². The lowest BCUT2D eigenvalue weighted by molar-refractivity contribution is -0.137. The number of halogens is 2. The number of unbranched alkanes of at least 4 members (excludes halogenated alkanes) is 3. The average molecular weight is 411 g/mol. The van der Waals surface area contributed by atoms with Crippen molar-refractivity contribution >= 4 is 40.7 Å². The van der Waals surface area contributed by atoms with Crippen LogP contribution in [0.25, 0.3) is 0 Å². The molecule has 1 aliphatic rings. The standard InChI is InChI=1S/C21H24Cl2O4/c22-16-7-5-8-17(23)21(16)19(25)13-11-14-10-12-18(24)15(14)6-3-1-2-4-9-20(26)27/h5,7-8,11,13-15H,1-4,6,9-10,12H2,(H,26,27)/b13-11+. The van der Waals surface area contributed by atoms with Crippen LogP contribution >= 0.6 is 23.2 Å². The van der Waals surface area contributed by atoms with Gasteiger partial charge in [-0.2, -0.15) is 0 Å². The highest BCUT2D eigenvalue weighted by Gasteiger charge is 2.32. The number of carboxylic acid groups (broad SMARTS) is 1. The predicted octanol–water partition coefficient (Wildman–Crippen LogP) is 5.75. The van der Waals surface area contributed by atoms with Crippen molar-refractivity contribution < 1.29 is 19.5 Å². The van der Waals surface area contributed by atoms with Crippen LogP contribution in [0.2, 0.25) is 10.0 Å². The SMILES string of the molecule is O=C(O)CCCCCCC1C(=O)CCC1/C=C/C(=O)c1c(Cl)cccc1Cl. The van der Waals surface area contributed by atoms with Crippen molar-refractivity contribution in [3.05, 3.63) is 46.0 Å². The summed E-state index contributed by atoms with van der Waals surface area (Å²) in [6.07, 6.45) is 8.91. The van der Waals surface area contributed by atoms with E-state index in [2.05, 4.69) is 0 Å². The van der Waals surface area contributed by atoms with Gasteiger partial charge in [0.1, 0.15) is 5.78 Å². The average Bonchev–Trinajstić information content (AvgIpc) is 2.95. The first-order valence-electron chi connectivity index (χ1n) is 9.31. The summed E-state index contributed by atoms with van der Waals surface area (Å²) < 4.78 is 0. The van der Waals surface area contributed by atoms with E-state index in [-0.39, 0.29) is 35.4 Å². The summed E-state index contributed by atoms with van der Waals surface area (Å²) in [6.45, 7) is 0. The molecule has 0 amide bonds. The van der Waals surface area contributed by atoms with E-state index in [1.165, 1.54) is 6.08 Å². The first-order valence-corrected chi connectivity index (χ1v) is 10.1. The Bertz CT molecular complexity index is 707. The van der Waals surface area contributed by atoms with Gasteiger partial charge in [0.25, 0.3) is 0 Å². The van der Waals surface area contributed by atoms with Crippen molar-refractivity contribution in [2.75, 3.05) is 0 Å². The molecule has 0 aromatic heterocycles. The molecule has 0 bridgehead atoms. The highest BCUT2D eigenvalue weighted by atomic mass is 35.5. The number of Topliss-reactive ketones (excluding diaryl/α,β-unsaturated/α-hetero) is 1. The molecule has 27 heavy (non-hydrogen) atoms. The van der Waals surface area contributed by atoms with Crippen LogP contribution in [-0.4, -0.2) is 22.6 Å². The van der Waals surface area contributed by atoms with Gasteiger partial charge in [-0.05, 0) is 43.4 Å². The quantitative estimate of drug-likeness (QED) is 0.302. The van der Waals surface area contributed by atoms with Crippen LogP contribution in [0.4, 0.5) is 0 Å². The van der Waals surface area contributed by atoms with Crippen molar-refractivity contribution in [1.82, 2.24) is 0 Å². The van der Waals surface area contributed by atoms with Crippen LogP contribution in [0.5, 0.6) is 0 Å². The third kappa shape index (κ3) is 6.47. The number of rotatable bonds is 10. The van der Waals surface area contributed by atoms with Gasteiger partial charge < -0.3 is 5.11 Å². The fourth-order valence-electron chi connectivity index (χ4n) is 3.56. The second-order valence-corrected chi connectivity index (χ2v) is 7.76. The van der Waals surface area contributed by atoms with E-state index in [4.69, 9.17) is 28.3 Å². The summed E-state index contributed by atoms with van der Waals surface area (Å²) in [5.41, 5.74) is 0.288. The Hall–Kier alpha value is -1.65. The molecule has 1 aliphatic carbocycles. The number of ketones is 2. The van der Waals surface area contributed by atoms with Crippen molar-refractivity contribution in [2.24, 2.45) is 11.8 Å².